The van der Waals surface area contributed by atoms with Crippen molar-refractivity contribution in [3.8, 4) is 5.75 Å². The molecule has 0 amide bonds. The van der Waals surface area contributed by atoms with Crippen LogP contribution < -0.4 is 0 Å². The zero-order valence-electron chi connectivity index (χ0n) is 11.0. The van der Waals surface area contributed by atoms with Crippen molar-refractivity contribution in [1.82, 2.24) is 4.90 Å². The topological polar surface area (TPSA) is 23.5 Å². The van der Waals surface area contributed by atoms with E-state index in [4.69, 9.17) is 0 Å². The van der Waals surface area contributed by atoms with Crippen LogP contribution in [0.5, 0.6) is 5.75 Å². The molecule has 0 aromatic heterocycles. The third-order valence-electron chi connectivity index (χ3n) is 3.77. The van der Waals surface area contributed by atoms with E-state index in [0.29, 0.717) is 6.04 Å². The van der Waals surface area contributed by atoms with Gasteiger partial charge < -0.3 is 5.11 Å². The van der Waals surface area contributed by atoms with E-state index in [9.17, 15) is 9.50 Å². The molecule has 0 bridgehead atoms. The Morgan fingerprint density at radius 1 is 1.39 bits per heavy atom. The van der Waals surface area contributed by atoms with Crippen molar-refractivity contribution in [3.05, 3.63) is 29.6 Å². The Morgan fingerprint density at radius 3 is 2.94 bits per heavy atom. The van der Waals surface area contributed by atoms with Gasteiger partial charge in [-0.1, -0.05) is 25.8 Å². The molecule has 1 aliphatic rings. The molecule has 2 nitrogen and oxygen atoms in total. The number of phenolic OH excluding ortho intramolecular Hbond substituents is 1. The van der Waals surface area contributed by atoms with Crippen LogP contribution in [0.4, 0.5) is 4.39 Å². The van der Waals surface area contributed by atoms with Gasteiger partial charge in [-0.15, -0.1) is 0 Å². The van der Waals surface area contributed by atoms with Crippen LogP contribution in [0, 0.1) is 5.82 Å². The average Bonchev–Trinajstić information content (AvgIpc) is 2.37. The first-order chi connectivity index (χ1) is 8.70. The van der Waals surface area contributed by atoms with E-state index in [1.807, 2.05) is 6.07 Å². The predicted octanol–water partition coefficient (Wildman–Crippen LogP) is 3.69. The highest BCUT2D eigenvalue weighted by Gasteiger charge is 2.21. The third kappa shape index (κ3) is 3.22. The average molecular weight is 251 g/mol. The predicted molar refractivity (Wildman–Crippen MR) is 71.0 cm³/mol. The lowest BCUT2D eigenvalue weighted by atomic mass is 9.97. The first-order valence-corrected chi connectivity index (χ1v) is 6.92. The van der Waals surface area contributed by atoms with E-state index in [-0.39, 0.29) is 5.75 Å². The van der Waals surface area contributed by atoms with E-state index in [1.165, 1.54) is 44.2 Å². The molecule has 0 saturated carbocycles. The van der Waals surface area contributed by atoms with Crippen molar-refractivity contribution < 1.29 is 9.50 Å². The van der Waals surface area contributed by atoms with Crippen molar-refractivity contribution in [2.75, 3.05) is 6.54 Å². The smallest absolute Gasteiger partial charge is 0.165 e. The Labute approximate surface area is 108 Å². The highest BCUT2D eigenvalue weighted by atomic mass is 19.1. The van der Waals surface area contributed by atoms with Crippen LogP contribution in [0.1, 0.15) is 44.6 Å². The molecule has 18 heavy (non-hydrogen) atoms. The van der Waals surface area contributed by atoms with Gasteiger partial charge in [0, 0.05) is 12.6 Å². The highest BCUT2D eigenvalue weighted by molar-refractivity contribution is 5.28. The van der Waals surface area contributed by atoms with Gasteiger partial charge in [0.15, 0.2) is 11.6 Å². The standard InChI is InChI=1S/C15H22FNO/c1-2-5-13-6-3-4-9-17(13)11-12-7-8-15(18)14(16)10-12/h7-8,10,13,18H,2-6,9,11H2,1H3. The van der Waals surface area contributed by atoms with E-state index < -0.39 is 5.82 Å². The molecule has 1 unspecified atom stereocenters. The maximum atomic E-state index is 13.3. The van der Waals surface area contributed by atoms with Crippen molar-refractivity contribution in [2.45, 2.75) is 51.6 Å². The number of hydrogen-bond acceptors (Lipinski definition) is 2. The Morgan fingerprint density at radius 2 is 2.22 bits per heavy atom. The molecule has 1 N–H and O–H groups in total. The fourth-order valence-corrected chi connectivity index (χ4v) is 2.81. The molecule has 100 valence electrons. The molecule has 1 fully saturated rings. The summed E-state index contributed by atoms with van der Waals surface area (Å²) in [5.41, 5.74) is 0.952. The quantitative estimate of drug-likeness (QED) is 0.882. The molecule has 1 atom stereocenters. The minimum atomic E-state index is -0.517. The molecule has 1 heterocycles. The van der Waals surface area contributed by atoms with E-state index in [0.717, 1.165) is 18.7 Å². The molecule has 1 aromatic rings. The number of benzene rings is 1. The summed E-state index contributed by atoms with van der Waals surface area (Å²) < 4.78 is 13.3. The summed E-state index contributed by atoms with van der Waals surface area (Å²) in [5, 5.41) is 9.20. The van der Waals surface area contributed by atoms with E-state index >= 15 is 0 Å². The highest BCUT2D eigenvalue weighted by Crippen LogP contribution is 2.24. The summed E-state index contributed by atoms with van der Waals surface area (Å²) in [7, 11) is 0. The number of aromatic hydroxyl groups is 1. The molecule has 1 aliphatic heterocycles. The molecule has 2 rings (SSSR count). The van der Waals surface area contributed by atoms with Crippen molar-refractivity contribution in [1.29, 1.82) is 0 Å². The number of nitrogens with zero attached hydrogens (tertiary/aromatic N) is 1. The number of rotatable bonds is 4. The molecule has 1 aromatic carbocycles. The van der Waals surface area contributed by atoms with Gasteiger partial charge in [-0.2, -0.15) is 0 Å². The lowest BCUT2D eigenvalue weighted by Gasteiger charge is -2.35. The summed E-state index contributed by atoms with van der Waals surface area (Å²) in [4.78, 5) is 2.46. The van der Waals surface area contributed by atoms with Gasteiger partial charge in [-0.3, -0.25) is 4.90 Å². The maximum Gasteiger partial charge on any atom is 0.165 e. The Balaban J connectivity index is 2.03. The largest absolute Gasteiger partial charge is 0.505 e. The zero-order valence-corrected chi connectivity index (χ0v) is 11.0. The maximum absolute atomic E-state index is 13.3. The molecular formula is C15H22FNO. The number of hydrogen-bond donors (Lipinski definition) is 1. The summed E-state index contributed by atoms with van der Waals surface area (Å²) >= 11 is 0. The number of phenols is 1. The molecular weight excluding hydrogens is 229 g/mol. The van der Waals surface area contributed by atoms with Crippen LogP contribution >= 0.6 is 0 Å². The van der Waals surface area contributed by atoms with Gasteiger partial charge in [0.2, 0.25) is 0 Å². The first kappa shape index (κ1) is 13.3. The first-order valence-electron chi connectivity index (χ1n) is 6.92. The number of piperidine rings is 1. The monoisotopic (exact) mass is 251 g/mol. The Kier molecular flexibility index (Phi) is 4.59. The van der Waals surface area contributed by atoms with E-state index in [1.54, 1.807) is 0 Å². The zero-order chi connectivity index (χ0) is 13.0. The molecule has 1 saturated heterocycles. The Hall–Kier alpha value is -1.09. The van der Waals surface area contributed by atoms with Gasteiger partial charge in [0.1, 0.15) is 0 Å². The minimum Gasteiger partial charge on any atom is -0.505 e. The van der Waals surface area contributed by atoms with Crippen molar-refractivity contribution in [2.24, 2.45) is 0 Å². The number of likely N-dealkylation sites (tertiary alicyclic amines) is 1. The lowest BCUT2D eigenvalue weighted by Crippen LogP contribution is -2.38. The third-order valence-corrected chi connectivity index (χ3v) is 3.77. The van der Waals surface area contributed by atoms with Gasteiger partial charge in [0.05, 0.1) is 0 Å². The van der Waals surface area contributed by atoms with Gasteiger partial charge in [0.25, 0.3) is 0 Å². The fourth-order valence-electron chi connectivity index (χ4n) is 2.81. The normalized spacial score (nSPS) is 21.1. The Bertz CT molecular complexity index is 392. The van der Waals surface area contributed by atoms with Crippen LogP contribution in [0.15, 0.2) is 18.2 Å². The molecule has 0 spiro atoms. The van der Waals surface area contributed by atoms with Crippen LogP contribution in [0.2, 0.25) is 0 Å². The van der Waals surface area contributed by atoms with Crippen LogP contribution in [0.25, 0.3) is 0 Å². The SMILES string of the molecule is CCCC1CCCCN1Cc1ccc(O)c(F)c1. The van der Waals surface area contributed by atoms with Crippen LogP contribution in [0.3, 0.4) is 0 Å². The molecule has 0 aliphatic carbocycles. The summed E-state index contributed by atoms with van der Waals surface area (Å²) in [6.45, 7) is 4.11. The second-order valence-corrected chi connectivity index (χ2v) is 5.19. The van der Waals surface area contributed by atoms with Gasteiger partial charge >= 0.3 is 0 Å². The summed E-state index contributed by atoms with van der Waals surface area (Å²) in [6, 6.07) is 5.35. The van der Waals surface area contributed by atoms with Crippen molar-refractivity contribution >= 4 is 0 Å². The second-order valence-electron chi connectivity index (χ2n) is 5.19. The number of halogens is 1. The fraction of sp³-hybridized carbons (Fsp3) is 0.600. The van der Waals surface area contributed by atoms with Crippen LogP contribution in [-0.2, 0) is 6.54 Å². The lowest BCUT2D eigenvalue weighted by molar-refractivity contribution is 0.131. The van der Waals surface area contributed by atoms with Crippen LogP contribution in [-0.4, -0.2) is 22.6 Å². The van der Waals surface area contributed by atoms with Gasteiger partial charge in [-0.05, 0) is 43.5 Å². The summed E-state index contributed by atoms with van der Waals surface area (Å²) in [5.74, 6) is -0.779. The van der Waals surface area contributed by atoms with Gasteiger partial charge in [-0.25, -0.2) is 4.39 Å². The minimum absolute atomic E-state index is 0.262. The van der Waals surface area contributed by atoms with Crippen molar-refractivity contribution in [3.63, 3.8) is 0 Å². The second kappa shape index (κ2) is 6.19. The molecule has 0 radical (unpaired) electrons. The summed E-state index contributed by atoms with van der Waals surface area (Å²) in [6.07, 6.45) is 6.23. The molecule has 3 heteroatoms. The van der Waals surface area contributed by atoms with E-state index in [2.05, 4.69) is 11.8 Å².